The number of amides is 2. The second-order valence-electron chi connectivity index (χ2n) is 3.89. The highest BCUT2D eigenvalue weighted by molar-refractivity contribution is 5.74. The predicted molar refractivity (Wildman–Crippen MR) is 59.9 cm³/mol. The Morgan fingerprint density at radius 1 is 1.33 bits per heavy atom. The van der Waals surface area contributed by atoms with E-state index in [1.54, 1.807) is 0 Å². The summed E-state index contributed by atoms with van der Waals surface area (Å²) >= 11 is 0. The molecule has 0 spiro atoms. The number of likely N-dealkylation sites (tertiary alicyclic amines) is 1. The fraction of sp³-hybridized carbons (Fsp3) is 0.909. The summed E-state index contributed by atoms with van der Waals surface area (Å²) in [5, 5.41) is 2.88. The lowest BCUT2D eigenvalue weighted by atomic mass is 10.2. The molecule has 0 saturated carbocycles. The summed E-state index contributed by atoms with van der Waals surface area (Å²) in [6.07, 6.45) is 4.35. The van der Waals surface area contributed by atoms with Crippen LogP contribution in [0, 0.1) is 0 Å². The Labute approximate surface area is 92.0 Å². The van der Waals surface area contributed by atoms with Crippen LogP contribution in [0.25, 0.3) is 0 Å². The molecule has 4 heteroatoms. The Bertz CT molecular complexity index is 181. The molecule has 2 amide bonds. The first-order chi connectivity index (χ1) is 7.34. The number of ether oxygens (including phenoxy) is 1. The van der Waals surface area contributed by atoms with Gasteiger partial charge >= 0.3 is 6.03 Å². The van der Waals surface area contributed by atoms with Crippen LogP contribution in [-0.4, -0.2) is 43.8 Å². The number of hydrogen-bond acceptors (Lipinski definition) is 2. The van der Waals surface area contributed by atoms with Gasteiger partial charge in [-0.3, -0.25) is 0 Å². The number of nitrogens with one attached hydrogen (secondary N) is 1. The average molecular weight is 214 g/mol. The van der Waals surface area contributed by atoms with Crippen LogP contribution in [0.4, 0.5) is 4.79 Å². The van der Waals surface area contributed by atoms with Crippen LogP contribution in [0.15, 0.2) is 0 Å². The minimum absolute atomic E-state index is 0.0785. The van der Waals surface area contributed by atoms with E-state index in [2.05, 4.69) is 12.2 Å². The maximum Gasteiger partial charge on any atom is 0.317 e. The fourth-order valence-corrected chi connectivity index (χ4v) is 1.35. The van der Waals surface area contributed by atoms with E-state index in [1.165, 1.54) is 6.42 Å². The summed E-state index contributed by atoms with van der Waals surface area (Å²) in [7, 11) is 0. The molecular formula is C11H22N2O2. The molecule has 0 atom stereocenters. The van der Waals surface area contributed by atoms with Crippen molar-refractivity contribution in [3.05, 3.63) is 0 Å². The highest BCUT2D eigenvalue weighted by Gasteiger charge is 2.18. The molecule has 1 aliphatic rings. The Balaban J connectivity index is 1.81. The van der Waals surface area contributed by atoms with E-state index >= 15 is 0 Å². The molecule has 1 N–H and O–H groups in total. The molecule has 0 aromatic rings. The van der Waals surface area contributed by atoms with Gasteiger partial charge in [-0.05, 0) is 19.3 Å². The summed E-state index contributed by atoms with van der Waals surface area (Å²) in [4.78, 5) is 13.2. The van der Waals surface area contributed by atoms with Crippen molar-refractivity contribution in [3.8, 4) is 0 Å². The minimum Gasteiger partial charge on any atom is -0.381 e. The third-order valence-electron chi connectivity index (χ3n) is 2.53. The summed E-state index contributed by atoms with van der Waals surface area (Å²) < 4.78 is 5.39. The highest BCUT2D eigenvalue weighted by Crippen LogP contribution is 2.04. The number of rotatable bonds is 7. The number of carbonyl (C=O) groups excluding carboxylic acids is 1. The third kappa shape index (κ3) is 5.02. The molecule has 0 aromatic carbocycles. The number of carbonyl (C=O) groups is 1. The second-order valence-corrected chi connectivity index (χ2v) is 3.89. The Kier molecular flexibility index (Phi) is 6.16. The second kappa shape index (κ2) is 7.51. The van der Waals surface area contributed by atoms with Crippen LogP contribution in [0.5, 0.6) is 0 Å². The normalized spacial score (nSPS) is 14.9. The zero-order valence-corrected chi connectivity index (χ0v) is 9.63. The number of hydrogen-bond donors (Lipinski definition) is 1. The van der Waals surface area contributed by atoms with E-state index in [1.807, 2.05) is 4.90 Å². The summed E-state index contributed by atoms with van der Waals surface area (Å²) in [5.74, 6) is 0. The largest absolute Gasteiger partial charge is 0.381 e. The van der Waals surface area contributed by atoms with Crippen molar-refractivity contribution in [2.75, 3.05) is 32.8 Å². The molecular weight excluding hydrogens is 192 g/mol. The van der Waals surface area contributed by atoms with Crippen LogP contribution in [0.2, 0.25) is 0 Å². The van der Waals surface area contributed by atoms with E-state index in [-0.39, 0.29) is 6.03 Å². The molecule has 1 fully saturated rings. The van der Waals surface area contributed by atoms with Crippen molar-refractivity contribution >= 4 is 6.03 Å². The van der Waals surface area contributed by atoms with Crippen LogP contribution in [0.1, 0.15) is 32.6 Å². The first-order valence-electron chi connectivity index (χ1n) is 5.95. The first kappa shape index (κ1) is 12.3. The van der Waals surface area contributed by atoms with E-state index in [9.17, 15) is 4.79 Å². The first-order valence-corrected chi connectivity index (χ1v) is 5.95. The van der Waals surface area contributed by atoms with Gasteiger partial charge in [0.15, 0.2) is 0 Å². The maximum atomic E-state index is 11.3. The zero-order chi connectivity index (χ0) is 10.9. The molecule has 1 rings (SSSR count). The minimum atomic E-state index is 0.0785. The fourth-order valence-electron chi connectivity index (χ4n) is 1.35. The lowest BCUT2D eigenvalue weighted by Gasteiger charge is -2.30. The van der Waals surface area contributed by atoms with Gasteiger partial charge in [0.2, 0.25) is 0 Å². The Morgan fingerprint density at radius 3 is 2.67 bits per heavy atom. The third-order valence-corrected chi connectivity index (χ3v) is 2.53. The monoisotopic (exact) mass is 214 g/mol. The SMILES string of the molecule is CCCCOCCCNC(=O)N1CCC1. The molecule has 88 valence electrons. The molecule has 0 bridgehead atoms. The number of urea groups is 1. The quantitative estimate of drug-likeness (QED) is 0.654. The molecule has 0 unspecified atom stereocenters. The molecule has 1 aliphatic heterocycles. The van der Waals surface area contributed by atoms with Gasteiger partial charge < -0.3 is 15.0 Å². The maximum absolute atomic E-state index is 11.3. The van der Waals surface area contributed by atoms with Crippen molar-refractivity contribution in [1.82, 2.24) is 10.2 Å². The average Bonchev–Trinajstić information content (AvgIpc) is 2.14. The van der Waals surface area contributed by atoms with Gasteiger partial charge in [-0.25, -0.2) is 4.79 Å². The highest BCUT2D eigenvalue weighted by atomic mass is 16.5. The van der Waals surface area contributed by atoms with Crippen LogP contribution in [0.3, 0.4) is 0 Å². The lowest BCUT2D eigenvalue weighted by molar-refractivity contribution is 0.127. The van der Waals surface area contributed by atoms with Crippen LogP contribution >= 0.6 is 0 Å². The molecule has 15 heavy (non-hydrogen) atoms. The van der Waals surface area contributed by atoms with Crippen molar-refractivity contribution in [2.45, 2.75) is 32.6 Å². The summed E-state index contributed by atoms with van der Waals surface area (Å²) in [6, 6.07) is 0.0785. The number of nitrogens with zero attached hydrogens (tertiary/aromatic N) is 1. The van der Waals surface area contributed by atoms with Gasteiger partial charge in [-0.15, -0.1) is 0 Å². The van der Waals surface area contributed by atoms with Gasteiger partial charge in [-0.2, -0.15) is 0 Å². The van der Waals surface area contributed by atoms with Crippen molar-refractivity contribution in [2.24, 2.45) is 0 Å². The van der Waals surface area contributed by atoms with E-state index in [0.717, 1.165) is 52.1 Å². The van der Waals surface area contributed by atoms with Crippen molar-refractivity contribution < 1.29 is 9.53 Å². The number of unbranched alkanes of at least 4 members (excludes halogenated alkanes) is 1. The van der Waals surface area contributed by atoms with E-state index < -0.39 is 0 Å². The molecule has 0 radical (unpaired) electrons. The molecule has 1 heterocycles. The van der Waals surface area contributed by atoms with E-state index in [0.29, 0.717) is 0 Å². The van der Waals surface area contributed by atoms with Crippen molar-refractivity contribution in [3.63, 3.8) is 0 Å². The molecule has 1 saturated heterocycles. The topological polar surface area (TPSA) is 41.6 Å². The van der Waals surface area contributed by atoms with Gasteiger partial charge in [0.1, 0.15) is 0 Å². The summed E-state index contributed by atoms with van der Waals surface area (Å²) in [6.45, 7) is 6.30. The lowest BCUT2D eigenvalue weighted by Crippen LogP contribution is -2.48. The van der Waals surface area contributed by atoms with Crippen LogP contribution in [-0.2, 0) is 4.74 Å². The Hall–Kier alpha value is -0.770. The summed E-state index contributed by atoms with van der Waals surface area (Å²) in [5.41, 5.74) is 0. The van der Waals surface area contributed by atoms with Crippen LogP contribution < -0.4 is 5.32 Å². The Morgan fingerprint density at radius 2 is 2.07 bits per heavy atom. The predicted octanol–water partition coefficient (Wildman–Crippen LogP) is 1.61. The molecule has 0 aromatic heterocycles. The van der Waals surface area contributed by atoms with Gasteiger partial charge in [0.25, 0.3) is 0 Å². The van der Waals surface area contributed by atoms with E-state index in [4.69, 9.17) is 4.74 Å². The molecule has 4 nitrogen and oxygen atoms in total. The molecule has 0 aliphatic carbocycles. The zero-order valence-electron chi connectivity index (χ0n) is 9.63. The standard InChI is InChI=1S/C11H22N2O2/c1-2-3-9-15-10-4-6-12-11(14)13-7-5-8-13/h2-10H2,1H3,(H,12,14). The smallest absolute Gasteiger partial charge is 0.317 e. The van der Waals surface area contributed by atoms with Gasteiger partial charge in [0, 0.05) is 32.8 Å². The van der Waals surface area contributed by atoms with Crippen molar-refractivity contribution in [1.29, 1.82) is 0 Å². The van der Waals surface area contributed by atoms with Gasteiger partial charge in [0.05, 0.1) is 0 Å². The van der Waals surface area contributed by atoms with Gasteiger partial charge in [-0.1, -0.05) is 13.3 Å².